The number of nitrogens with two attached hydrogens (primary N) is 1. The van der Waals surface area contributed by atoms with E-state index in [-0.39, 0.29) is 17.9 Å². The number of nitrogen functional groups attached to an aromatic ring is 1. The maximum Gasteiger partial charge on any atom is 0.328 e. The molecule has 0 saturated carbocycles. The van der Waals surface area contributed by atoms with Crippen LogP contribution in [0.2, 0.25) is 0 Å². The largest absolute Gasteiger partial charge is 0.465 e. The molecule has 0 amide bonds. The highest BCUT2D eigenvalue weighted by Crippen LogP contribution is 2.35. The smallest absolute Gasteiger partial charge is 0.328 e. The second-order valence-corrected chi connectivity index (χ2v) is 3.80. The van der Waals surface area contributed by atoms with Crippen LogP contribution in [0.25, 0.3) is 0 Å². The molecule has 0 aliphatic rings. The summed E-state index contributed by atoms with van der Waals surface area (Å²) >= 11 is 0. The Bertz CT molecular complexity index is 651. The Morgan fingerprint density at radius 1 is 1.38 bits per heavy atom. The van der Waals surface area contributed by atoms with Gasteiger partial charge < -0.3 is 10.5 Å². The van der Waals surface area contributed by atoms with Gasteiger partial charge in [-0.1, -0.05) is 0 Å². The van der Waals surface area contributed by atoms with Crippen molar-refractivity contribution >= 4 is 23.0 Å². The first-order valence-electron chi connectivity index (χ1n) is 5.61. The second kappa shape index (κ2) is 6.29. The number of ether oxygens (including phenoxy) is 1. The summed E-state index contributed by atoms with van der Waals surface area (Å²) in [4.78, 5) is 31.5. The predicted octanol–water partition coefficient (Wildman–Crippen LogP) is 1.26. The minimum Gasteiger partial charge on any atom is -0.465 e. The van der Waals surface area contributed by atoms with Gasteiger partial charge in [-0.3, -0.25) is 25.0 Å². The Kier molecular flexibility index (Phi) is 4.74. The third-order valence-corrected chi connectivity index (χ3v) is 2.53. The molecule has 2 N–H and O–H groups in total. The lowest BCUT2D eigenvalue weighted by atomic mass is 9.97. The number of carbonyl (C=O) groups is 1. The molecule has 0 aromatic heterocycles. The Labute approximate surface area is 118 Å². The van der Waals surface area contributed by atoms with Gasteiger partial charge >= 0.3 is 5.97 Å². The van der Waals surface area contributed by atoms with E-state index in [1.54, 1.807) is 6.07 Å². The maximum atomic E-state index is 11.6. The zero-order valence-corrected chi connectivity index (χ0v) is 10.8. The Balaban J connectivity index is 3.51. The fraction of sp³-hybridized carbons (Fsp3) is 0.273. The highest BCUT2D eigenvalue weighted by molar-refractivity contribution is 5.84. The summed E-state index contributed by atoms with van der Waals surface area (Å²) in [7, 11) is 0. The zero-order chi connectivity index (χ0) is 16.2. The van der Waals surface area contributed by atoms with Crippen LogP contribution in [0, 0.1) is 31.6 Å². The first kappa shape index (κ1) is 15.8. The Morgan fingerprint density at radius 3 is 2.38 bits per heavy atom. The molecular formula is C11H10N4O6. The summed E-state index contributed by atoms with van der Waals surface area (Å²) in [6, 6.07) is 3.07. The molecule has 0 heterocycles. The lowest BCUT2D eigenvalue weighted by molar-refractivity contribution is -0.394. The fourth-order valence-corrected chi connectivity index (χ4v) is 1.63. The number of carbonyl (C=O) groups excluding carboxylic acids is 1. The molecule has 10 nitrogen and oxygen atoms in total. The first-order chi connectivity index (χ1) is 9.83. The minimum atomic E-state index is -1.59. The average molecular weight is 294 g/mol. The SMILES string of the molecule is CCOC(=O)C(C#N)c1cc(N)c([N+](=O)[O-])cc1[N+](=O)[O-]. The number of benzene rings is 1. The number of anilines is 1. The van der Waals surface area contributed by atoms with Crippen LogP contribution in [0.15, 0.2) is 12.1 Å². The van der Waals surface area contributed by atoms with Crippen molar-refractivity contribution < 1.29 is 19.4 Å². The predicted molar refractivity (Wildman–Crippen MR) is 69.2 cm³/mol. The van der Waals surface area contributed by atoms with Crippen LogP contribution < -0.4 is 5.73 Å². The number of nitro groups is 2. The third-order valence-electron chi connectivity index (χ3n) is 2.53. The van der Waals surface area contributed by atoms with Crippen LogP contribution in [0.3, 0.4) is 0 Å². The van der Waals surface area contributed by atoms with E-state index >= 15 is 0 Å². The standard InChI is InChI=1S/C11H10N4O6/c1-2-21-11(16)7(5-12)6-3-8(13)10(15(19)20)4-9(6)14(17)18/h3-4,7H,2,13H2,1H3. The summed E-state index contributed by atoms with van der Waals surface area (Å²) in [5.41, 5.74) is 3.29. The normalized spacial score (nSPS) is 11.2. The van der Waals surface area contributed by atoms with Crippen molar-refractivity contribution in [3.63, 3.8) is 0 Å². The summed E-state index contributed by atoms with van der Waals surface area (Å²) < 4.78 is 4.64. The van der Waals surface area contributed by atoms with E-state index < -0.39 is 33.1 Å². The lowest BCUT2D eigenvalue weighted by Gasteiger charge is -2.10. The van der Waals surface area contributed by atoms with Crippen LogP contribution in [-0.4, -0.2) is 22.4 Å². The van der Waals surface area contributed by atoms with E-state index in [0.29, 0.717) is 6.07 Å². The van der Waals surface area contributed by atoms with Gasteiger partial charge in [0.05, 0.1) is 34.2 Å². The van der Waals surface area contributed by atoms with Crippen LogP contribution in [0.1, 0.15) is 18.4 Å². The quantitative estimate of drug-likeness (QED) is 0.367. The number of nitro benzene ring substituents is 2. The second-order valence-electron chi connectivity index (χ2n) is 3.80. The highest BCUT2D eigenvalue weighted by atomic mass is 16.6. The average Bonchev–Trinajstić information content (AvgIpc) is 2.39. The molecule has 1 aromatic carbocycles. The summed E-state index contributed by atoms with van der Waals surface area (Å²) in [5, 5.41) is 30.7. The minimum absolute atomic E-state index is 0.0206. The van der Waals surface area contributed by atoms with Crippen LogP contribution in [0.5, 0.6) is 0 Å². The Hall–Kier alpha value is -3.22. The van der Waals surface area contributed by atoms with Gasteiger partial charge in [0.1, 0.15) is 5.69 Å². The van der Waals surface area contributed by atoms with E-state index in [9.17, 15) is 25.0 Å². The van der Waals surface area contributed by atoms with Gasteiger partial charge in [-0.15, -0.1) is 0 Å². The molecule has 1 atom stereocenters. The fourth-order valence-electron chi connectivity index (χ4n) is 1.63. The monoisotopic (exact) mass is 294 g/mol. The molecule has 0 bridgehead atoms. The van der Waals surface area contributed by atoms with Crippen LogP contribution in [0.4, 0.5) is 17.1 Å². The summed E-state index contributed by atoms with van der Waals surface area (Å²) in [6.07, 6.45) is 0. The van der Waals surface area contributed by atoms with E-state index in [1.165, 1.54) is 6.92 Å². The van der Waals surface area contributed by atoms with Gasteiger partial charge in [-0.05, 0) is 13.0 Å². The summed E-state index contributed by atoms with van der Waals surface area (Å²) in [6.45, 7) is 1.48. The molecule has 0 aliphatic carbocycles. The third kappa shape index (κ3) is 3.21. The van der Waals surface area contributed by atoms with Crippen molar-refractivity contribution in [1.82, 2.24) is 0 Å². The molecule has 0 aliphatic heterocycles. The molecule has 0 fully saturated rings. The number of nitrogens with zero attached hydrogens (tertiary/aromatic N) is 3. The molecule has 1 aromatic rings. The van der Waals surface area contributed by atoms with E-state index in [4.69, 9.17) is 11.0 Å². The number of hydrogen-bond acceptors (Lipinski definition) is 8. The first-order valence-corrected chi connectivity index (χ1v) is 5.61. The van der Waals surface area contributed by atoms with Gasteiger partial charge in [0, 0.05) is 0 Å². The van der Waals surface area contributed by atoms with Crippen molar-refractivity contribution in [3.05, 3.63) is 37.9 Å². The van der Waals surface area contributed by atoms with Crippen molar-refractivity contribution in [2.24, 2.45) is 0 Å². The molecular weight excluding hydrogens is 284 g/mol. The number of rotatable bonds is 5. The lowest BCUT2D eigenvalue weighted by Crippen LogP contribution is -2.16. The van der Waals surface area contributed by atoms with Crippen molar-refractivity contribution in [2.45, 2.75) is 12.8 Å². The molecule has 1 unspecified atom stereocenters. The van der Waals surface area contributed by atoms with Gasteiger partial charge in [0.15, 0.2) is 5.92 Å². The zero-order valence-electron chi connectivity index (χ0n) is 10.8. The van der Waals surface area contributed by atoms with E-state index in [0.717, 1.165) is 6.07 Å². The van der Waals surface area contributed by atoms with Crippen molar-refractivity contribution in [2.75, 3.05) is 12.3 Å². The summed E-state index contributed by atoms with van der Waals surface area (Å²) in [5.74, 6) is -2.58. The molecule has 1 rings (SSSR count). The number of hydrogen-bond donors (Lipinski definition) is 1. The van der Waals surface area contributed by atoms with Gasteiger partial charge in [-0.25, -0.2) is 0 Å². The van der Waals surface area contributed by atoms with Crippen molar-refractivity contribution in [3.8, 4) is 6.07 Å². The van der Waals surface area contributed by atoms with Crippen molar-refractivity contribution in [1.29, 1.82) is 5.26 Å². The molecule has 0 spiro atoms. The van der Waals surface area contributed by atoms with E-state index in [1.807, 2.05) is 0 Å². The number of nitriles is 1. The van der Waals surface area contributed by atoms with Gasteiger partial charge in [-0.2, -0.15) is 5.26 Å². The molecule has 0 saturated heterocycles. The van der Waals surface area contributed by atoms with Gasteiger partial charge in [0.2, 0.25) is 0 Å². The van der Waals surface area contributed by atoms with Crippen LogP contribution in [-0.2, 0) is 9.53 Å². The molecule has 0 radical (unpaired) electrons. The number of esters is 1. The molecule has 10 heteroatoms. The highest BCUT2D eigenvalue weighted by Gasteiger charge is 2.32. The Morgan fingerprint density at radius 2 is 1.95 bits per heavy atom. The van der Waals surface area contributed by atoms with Gasteiger partial charge in [0.25, 0.3) is 11.4 Å². The molecule has 110 valence electrons. The molecule has 21 heavy (non-hydrogen) atoms. The topological polar surface area (TPSA) is 162 Å². The van der Waals surface area contributed by atoms with Crippen LogP contribution >= 0.6 is 0 Å². The van der Waals surface area contributed by atoms with E-state index in [2.05, 4.69) is 4.74 Å². The maximum absolute atomic E-state index is 11.6.